The van der Waals surface area contributed by atoms with Crippen molar-refractivity contribution in [1.82, 2.24) is 10.3 Å². The van der Waals surface area contributed by atoms with Gasteiger partial charge in [-0.15, -0.1) is 11.3 Å². The molecule has 0 amide bonds. The van der Waals surface area contributed by atoms with Crippen LogP contribution in [-0.2, 0) is 6.54 Å². The lowest BCUT2D eigenvalue weighted by Gasteiger charge is -2.15. The summed E-state index contributed by atoms with van der Waals surface area (Å²) in [5.41, 5.74) is 3.14. The van der Waals surface area contributed by atoms with Crippen LogP contribution < -0.4 is 5.32 Å². The lowest BCUT2D eigenvalue weighted by atomic mass is 10.0. The fourth-order valence-corrected chi connectivity index (χ4v) is 3.15. The molecule has 0 aromatic carbocycles. The van der Waals surface area contributed by atoms with E-state index in [9.17, 15) is 0 Å². The van der Waals surface area contributed by atoms with E-state index in [0.29, 0.717) is 0 Å². The van der Waals surface area contributed by atoms with Gasteiger partial charge in [0.15, 0.2) is 0 Å². The van der Waals surface area contributed by atoms with Gasteiger partial charge in [0.1, 0.15) is 0 Å². The van der Waals surface area contributed by atoms with E-state index in [1.54, 1.807) is 11.3 Å². The third-order valence-corrected chi connectivity index (χ3v) is 4.59. The van der Waals surface area contributed by atoms with Gasteiger partial charge >= 0.3 is 0 Å². The van der Waals surface area contributed by atoms with Crippen LogP contribution in [0.5, 0.6) is 0 Å². The van der Waals surface area contributed by atoms with Gasteiger partial charge in [-0.2, -0.15) is 0 Å². The van der Waals surface area contributed by atoms with Gasteiger partial charge in [0.2, 0.25) is 0 Å². The van der Waals surface area contributed by atoms with Crippen molar-refractivity contribution >= 4 is 11.3 Å². The first kappa shape index (κ1) is 12.1. The highest BCUT2D eigenvalue weighted by atomic mass is 32.1. The quantitative estimate of drug-likeness (QED) is 0.815. The van der Waals surface area contributed by atoms with Crippen LogP contribution in [0.4, 0.5) is 0 Å². The summed E-state index contributed by atoms with van der Waals surface area (Å²) in [5, 5.41) is 3.70. The Morgan fingerprint density at radius 2 is 2.25 bits per heavy atom. The van der Waals surface area contributed by atoms with Crippen molar-refractivity contribution in [1.29, 1.82) is 0 Å². The molecule has 0 radical (unpaired) electrons. The Labute approximate surface area is 102 Å². The molecule has 1 aromatic rings. The van der Waals surface area contributed by atoms with Gasteiger partial charge in [-0.1, -0.05) is 19.8 Å². The van der Waals surface area contributed by atoms with Crippen LogP contribution in [0.15, 0.2) is 5.51 Å². The second-order valence-electron chi connectivity index (χ2n) is 5.05. The summed E-state index contributed by atoms with van der Waals surface area (Å²) < 4.78 is 0. The summed E-state index contributed by atoms with van der Waals surface area (Å²) in [5.74, 6) is 0.928. The van der Waals surface area contributed by atoms with Crippen LogP contribution in [0.25, 0.3) is 0 Å². The first-order valence-electron chi connectivity index (χ1n) is 6.38. The van der Waals surface area contributed by atoms with Crippen LogP contribution in [0.1, 0.15) is 49.6 Å². The fourth-order valence-electron chi connectivity index (χ4n) is 2.42. The van der Waals surface area contributed by atoms with Crippen LogP contribution in [0.2, 0.25) is 0 Å². The van der Waals surface area contributed by atoms with Crippen LogP contribution in [0.3, 0.4) is 0 Å². The van der Waals surface area contributed by atoms with Crippen LogP contribution >= 0.6 is 11.3 Å². The van der Waals surface area contributed by atoms with Crippen LogP contribution in [0, 0.1) is 12.8 Å². The molecule has 0 bridgehead atoms. The smallest absolute Gasteiger partial charge is 0.0798 e. The minimum atomic E-state index is 0.728. The molecule has 1 fully saturated rings. The number of thiazole rings is 1. The monoisotopic (exact) mass is 238 g/mol. The van der Waals surface area contributed by atoms with E-state index in [1.807, 2.05) is 5.51 Å². The molecule has 1 aliphatic carbocycles. The molecule has 3 heteroatoms. The molecule has 2 nitrogen and oxygen atoms in total. The molecule has 0 saturated heterocycles. The van der Waals surface area contributed by atoms with Crippen molar-refractivity contribution in [2.24, 2.45) is 5.92 Å². The topological polar surface area (TPSA) is 24.9 Å². The number of nitrogens with one attached hydrogen (secondary N) is 1. The number of hydrogen-bond acceptors (Lipinski definition) is 3. The number of hydrogen-bond donors (Lipinski definition) is 1. The van der Waals surface area contributed by atoms with Crippen molar-refractivity contribution in [3.05, 3.63) is 16.1 Å². The largest absolute Gasteiger partial charge is 0.309 e. The maximum absolute atomic E-state index is 4.29. The first-order valence-corrected chi connectivity index (χ1v) is 7.26. The fraction of sp³-hybridized carbons (Fsp3) is 0.769. The summed E-state index contributed by atoms with van der Waals surface area (Å²) in [6.45, 7) is 5.49. The zero-order valence-electron chi connectivity index (χ0n) is 10.3. The number of nitrogens with zero attached hydrogens (tertiary/aromatic N) is 1. The van der Waals surface area contributed by atoms with Crippen molar-refractivity contribution in [3.63, 3.8) is 0 Å². The summed E-state index contributed by atoms with van der Waals surface area (Å²) >= 11 is 1.77. The van der Waals surface area contributed by atoms with E-state index in [2.05, 4.69) is 24.1 Å². The van der Waals surface area contributed by atoms with Gasteiger partial charge in [-0.25, -0.2) is 4.98 Å². The zero-order valence-corrected chi connectivity index (χ0v) is 11.1. The molecule has 90 valence electrons. The van der Waals surface area contributed by atoms with E-state index < -0.39 is 0 Å². The summed E-state index contributed by atoms with van der Waals surface area (Å²) in [6.07, 6.45) is 6.89. The second kappa shape index (κ2) is 5.78. The highest BCUT2D eigenvalue weighted by Crippen LogP contribution is 2.23. The van der Waals surface area contributed by atoms with E-state index in [-0.39, 0.29) is 0 Å². The van der Waals surface area contributed by atoms with Gasteiger partial charge in [0, 0.05) is 17.5 Å². The third-order valence-electron chi connectivity index (χ3n) is 3.65. The molecule has 2 atom stereocenters. The molecule has 0 spiro atoms. The zero-order chi connectivity index (χ0) is 11.4. The summed E-state index contributed by atoms with van der Waals surface area (Å²) in [7, 11) is 0. The minimum Gasteiger partial charge on any atom is -0.309 e. The van der Waals surface area contributed by atoms with E-state index >= 15 is 0 Å². The maximum Gasteiger partial charge on any atom is 0.0798 e. The van der Waals surface area contributed by atoms with Crippen molar-refractivity contribution in [3.8, 4) is 0 Å². The van der Waals surface area contributed by atoms with Crippen molar-refractivity contribution < 1.29 is 0 Å². The average molecular weight is 238 g/mol. The standard InChI is InChI=1S/C13H22N2S/c1-10-4-3-5-12(7-6-10)14-8-13-11(2)15-9-16-13/h9-10,12,14H,3-8H2,1-2H3. The van der Waals surface area contributed by atoms with Gasteiger partial charge < -0.3 is 5.32 Å². The van der Waals surface area contributed by atoms with Gasteiger partial charge in [0.25, 0.3) is 0 Å². The average Bonchev–Trinajstić information content (AvgIpc) is 2.55. The highest BCUT2D eigenvalue weighted by Gasteiger charge is 2.15. The molecule has 2 rings (SSSR count). The first-order chi connectivity index (χ1) is 7.75. The second-order valence-corrected chi connectivity index (χ2v) is 5.99. The van der Waals surface area contributed by atoms with E-state index in [0.717, 1.165) is 18.5 Å². The summed E-state index contributed by atoms with van der Waals surface area (Å²) in [4.78, 5) is 5.69. The molecule has 1 saturated carbocycles. The Balaban J connectivity index is 1.79. The minimum absolute atomic E-state index is 0.728. The molecule has 0 aliphatic heterocycles. The lowest BCUT2D eigenvalue weighted by molar-refractivity contribution is 0.448. The molecule has 1 heterocycles. The normalized spacial score (nSPS) is 26.6. The molecule has 1 aliphatic rings. The Hall–Kier alpha value is -0.410. The SMILES string of the molecule is Cc1ncsc1CNC1CCCC(C)CC1. The molecular formula is C13H22N2S. The predicted octanol–water partition coefficient (Wildman–Crippen LogP) is 3.51. The van der Waals surface area contributed by atoms with E-state index in [4.69, 9.17) is 0 Å². The van der Waals surface area contributed by atoms with Crippen molar-refractivity contribution in [2.45, 2.75) is 58.5 Å². The Morgan fingerprint density at radius 1 is 1.38 bits per heavy atom. The van der Waals surface area contributed by atoms with Crippen molar-refractivity contribution in [2.75, 3.05) is 0 Å². The highest BCUT2D eigenvalue weighted by molar-refractivity contribution is 7.09. The Kier molecular flexibility index (Phi) is 4.36. The molecule has 1 aromatic heterocycles. The molecular weight excluding hydrogens is 216 g/mol. The maximum atomic E-state index is 4.29. The number of aryl methyl sites for hydroxylation is 1. The third kappa shape index (κ3) is 3.29. The molecule has 2 unspecified atom stereocenters. The Bertz CT molecular complexity index is 321. The summed E-state index contributed by atoms with van der Waals surface area (Å²) in [6, 6.07) is 0.728. The van der Waals surface area contributed by atoms with Gasteiger partial charge in [-0.05, 0) is 32.1 Å². The van der Waals surface area contributed by atoms with Gasteiger partial charge in [0.05, 0.1) is 11.2 Å². The Morgan fingerprint density at radius 3 is 3.00 bits per heavy atom. The lowest BCUT2D eigenvalue weighted by Crippen LogP contribution is -2.27. The van der Waals surface area contributed by atoms with Crippen LogP contribution in [-0.4, -0.2) is 11.0 Å². The van der Waals surface area contributed by atoms with E-state index in [1.165, 1.54) is 42.7 Å². The number of rotatable bonds is 3. The predicted molar refractivity (Wildman–Crippen MR) is 69.7 cm³/mol. The molecule has 16 heavy (non-hydrogen) atoms. The number of aromatic nitrogens is 1. The van der Waals surface area contributed by atoms with Gasteiger partial charge in [-0.3, -0.25) is 0 Å². The molecule has 1 N–H and O–H groups in total.